The third-order valence-corrected chi connectivity index (χ3v) is 3.84. The van der Waals surface area contributed by atoms with Gasteiger partial charge in [0.1, 0.15) is 6.04 Å². The first-order valence-corrected chi connectivity index (χ1v) is 6.95. The Kier molecular flexibility index (Phi) is 6.65. The molecule has 116 valence electrons. The van der Waals surface area contributed by atoms with Crippen LogP contribution in [0.1, 0.15) is 30.9 Å². The minimum absolute atomic E-state index is 0. The van der Waals surface area contributed by atoms with E-state index in [4.69, 9.17) is 11.5 Å². The van der Waals surface area contributed by atoms with E-state index >= 15 is 0 Å². The maximum absolute atomic E-state index is 12.3. The van der Waals surface area contributed by atoms with Crippen molar-refractivity contribution in [2.75, 3.05) is 13.1 Å². The molecule has 0 radical (unpaired) electrons. The van der Waals surface area contributed by atoms with Crippen molar-refractivity contribution in [2.24, 2.45) is 17.4 Å². The lowest BCUT2D eigenvalue weighted by molar-refractivity contribution is -0.134. The van der Waals surface area contributed by atoms with Crippen LogP contribution in [0.5, 0.6) is 0 Å². The minimum atomic E-state index is -0.608. The fraction of sp³-hybridized carbons (Fsp3) is 0.467. The lowest BCUT2D eigenvalue weighted by Gasteiger charge is -2.33. The molecule has 6 heteroatoms. The van der Waals surface area contributed by atoms with Crippen LogP contribution in [0.15, 0.2) is 30.3 Å². The number of hydrogen-bond acceptors (Lipinski definition) is 3. The Balaban J connectivity index is 0.00000220. The highest BCUT2D eigenvalue weighted by atomic mass is 35.5. The topological polar surface area (TPSA) is 89.4 Å². The molecule has 1 aliphatic rings. The van der Waals surface area contributed by atoms with Gasteiger partial charge in [0.2, 0.25) is 11.8 Å². The van der Waals surface area contributed by atoms with Gasteiger partial charge in [-0.2, -0.15) is 0 Å². The number of carbonyl (C=O) groups excluding carboxylic acids is 2. The molecule has 1 unspecified atom stereocenters. The normalized spacial score (nSPS) is 16.9. The summed E-state index contributed by atoms with van der Waals surface area (Å²) >= 11 is 0. The molecule has 1 heterocycles. The molecule has 1 saturated heterocycles. The monoisotopic (exact) mass is 311 g/mol. The number of rotatable bonds is 4. The fourth-order valence-corrected chi connectivity index (χ4v) is 2.64. The molecule has 0 aromatic heterocycles. The molecule has 2 amide bonds. The van der Waals surface area contributed by atoms with Crippen molar-refractivity contribution >= 4 is 24.2 Å². The lowest BCUT2D eigenvalue weighted by Crippen LogP contribution is -2.43. The number of carbonyl (C=O) groups is 2. The average Bonchev–Trinajstić information content (AvgIpc) is 2.47. The molecule has 1 aliphatic heterocycles. The number of primary amides is 1. The van der Waals surface area contributed by atoms with Crippen molar-refractivity contribution in [3.05, 3.63) is 35.9 Å². The zero-order valence-corrected chi connectivity index (χ0v) is 12.7. The summed E-state index contributed by atoms with van der Waals surface area (Å²) in [7, 11) is 0. The Bertz CT molecular complexity index is 473. The Morgan fingerprint density at radius 1 is 1.19 bits per heavy atom. The van der Waals surface area contributed by atoms with Crippen LogP contribution in [0.4, 0.5) is 0 Å². The van der Waals surface area contributed by atoms with E-state index in [-0.39, 0.29) is 24.2 Å². The van der Waals surface area contributed by atoms with E-state index < -0.39 is 6.04 Å². The molecule has 1 aromatic rings. The Hall–Kier alpha value is -1.59. The van der Waals surface area contributed by atoms with Crippen LogP contribution in [0, 0.1) is 5.92 Å². The van der Waals surface area contributed by atoms with Crippen LogP contribution >= 0.6 is 12.4 Å². The van der Waals surface area contributed by atoms with Crippen molar-refractivity contribution in [3.8, 4) is 0 Å². The van der Waals surface area contributed by atoms with Gasteiger partial charge in [-0.1, -0.05) is 30.3 Å². The maximum atomic E-state index is 12.3. The Morgan fingerprint density at radius 3 is 2.29 bits per heavy atom. The van der Waals surface area contributed by atoms with Crippen LogP contribution in [-0.4, -0.2) is 29.8 Å². The molecule has 0 saturated carbocycles. The summed E-state index contributed by atoms with van der Waals surface area (Å²) in [5.74, 6) is -0.0195. The van der Waals surface area contributed by atoms with Gasteiger partial charge in [0.25, 0.3) is 0 Å². The average molecular weight is 312 g/mol. The first kappa shape index (κ1) is 17.5. The summed E-state index contributed by atoms with van der Waals surface area (Å²) in [5, 5.41) is 0. The van der Waals surface area contributed by atoms with Gasteiger partial charge in [-0.25, -0.2) is 0 Å². The highest BCUT2D eigenvalue weighted by molar-refractivity contribution is 5.85. The predicted octanol–water partition coefficient (Wildman–Crippen LogP) is 1.22. The van der Waals surface area contributed by atoms with Crippen LogP contribution in [0.3, 0.4) is 0 Å². The lowest BCUT2D eigenvalue weighted by atomic mass is 9.92. The van der Waals surface area contributed by atoms with Crippen LogP contribution in [0.25, 0.3) is 0 Å². The molecule has 0 spiro atoms. The van der Waals surface area contributed by atoms with Gasteiger partial charge in [-0.05, 0) is 24.3 Å². The number of likely N-dealkylation sites (tertiary alicyclic amines) is 1. The SMILES string of the molecule is Cl.NC(=O)CC1CCN(C(=O)C(N)c2ccccc2)CC1. The highest BCUT2D eigenvalue weighted by Gasteiger charge is 2.27. The number of hydrogen-bond donors (Lipinski definition) is 2. The third kappa shape index (κ3) is 4.72. The summed E-state index contributed by atoms with van der Waals surface area (Å²) in [5.41, 5.74) is 12.1. The van der Waals surface area contributed by atoms with E-state index in [0.29, 0.717) is 25.4 Å². The number of nitrogens with two attached hydrogens (primary N) is 2. The van der Waals surface area contributed by atoms with Gasteiger partial charge in [0.05, 0.1) is 0 Å². The molecule has 1 aromatic carbocycles. The van der Waals surface area contributed by atoms with Crippen molar-refractivity contribution in [2.45, 2.75) is 25.3 Å². The minimum Gasteiger partial charge on any atom is -0.370 e. The summed E-state index contributed by atoms with van der Waals surface area (Å²) in [6.07, 6.45) is 2.04. The Labute approximate surface area is 131 Å². The quantitative estimate of drug-likeness (QED) is 0.876. The fourth-order valence-electron chi connectivity index (χ4n) is 2.64. The first-order valence-electron chi connectivity index (χ1n) is 6.95. The summed E-state index contributed by atoms with van der Waals surface area (Å²) < 4.78 is 0. The largest absolute Gasteiger partial charge is 0.370 e. The van der Waals surface area contributed by atoms with Crippen molar-refractivity contribution < 1.29 is 9.59 Å². The number of benzene rings is 1. The molecule has 4 N–H and O–H groups in total. The summed E-state index contributed by atoms with van der Waals surface area (Å²) in [4.78, 5) is 25.0. The molecular weight excluding hydrogens is 290 g/mol. The molecule has 21 heavy (non-hydrogen) atoms. The third-order valence-electron chi connectivity index (χ3n) is 3.84. The second-order valence-corrected chi connectivity index (χ2v) is 5.33. The van der Waals surface area contributed by atoms with E-state index in [1.54, 1.807) is 4.90 Å². The molecule has 1 fully saturated rings. The summed E-state index contributed by atoms with van der Waals surface area (Å²) in [6, 6.07) is 8.77. The van der Waals surface area contributed by atoms with Crippen molar-refractivity contribution in [3.63, 3.8) is 0 Å². The molecule has 1 atom stereocenters. The van der Waals surface area contributed by atoms with Crippen molar-refractivity contribution in [1.29, 1.82) is 0 Å². The first-order chi connectivity index (χ1) is 9.58. The van der Waals surface area contributed by atoms with Gasteiger partial charge in [-0.3, -0.25) is 9.59 Å². The van der Waals surface area contributed by atoms with Gasteiger partial charge in [0, 0.05) is 19.5 Å². The van der Waals surface area contributed by atoms with Gasteiger partial charge < -0.3 is 16.4 Å². The number of halogens is 1. The van der Waals surface area contributed by atoms with Crippen LogP contribution in [-0.2, 0) is 9.59 Å². The molecular formula is C15H22ClN3O2. The van der Waals surface area contributed by atoms with Crippen molar-refractivity contribution in [1.82, 2.24) is 4.90 Å². The summed E-state index contributed by atoms with van der Waals surface area (Å²) in [6.45, 7) is 1.30. The number of amides is 2. The van der Waals surface area contributed by atoms with E-state index in [0.717, 1.165) is 18.4 Å². The zero-order chi connectivity index (χ0) is 14.5. The zero-order valence-electron chi connectivity index (χ0n) is 11.9. The molecule has 2 rings (SSSR count). The van der Waals surface area contributed by atoms with E-state index in [2.05, 4.69) is 0 Å². The van der Waals surface area contributed by atoms with Gasteiger partial charge in [0.15, 0.2) is 0 Å². The molecule has 5 nitrogen and oxygen atoms in total. The highest BCUT2D eigenvalue weighted by Crippen LogP contribution is 2.22. The maximum Gasteiger partial charge on any atom is 0.244 e. The Morgan fingerprint density at radius 2 is 1.76 bits per heavy atom. The number of piperidine rings is 1. The molecule has 0 bridgehead atoms. The standard InChI is InChI=1S/C15H21N3O2.ClH/c16-13(19)10-11-6-8-18(9-7-11)15(20)14(17)12-4-2-1-3-5-12;/h1-5,11,14H,6-10,17H2,(H2,16,19);1H. The second kappa shape index (κ2) is 8.00. The van der Waals surface area contributed by atoms with Gasteiger partial charge >= 0.3 is 0 Å². The van der Waals surface area contributed by atoms with Crippen LogP contribution in [0.2, 0.25) is 0 Å². The van der Waals surface area contributed by atoms with E-state index in [1.165, 1.54) is 0 Å². The number of nitrogens with zero attached hydrogens (tertiary/aromatic N) is 1. The second-order valence-electron chi connectivity index (χ2n) is 5.33. The van der Waals surface area contributed by atoms with E-state index in [1.807, 2.05) is 30.3 Å². The smallest absolute Gasteiger partial charge is 0.244 e. The predicted molar refractivity (Wildman–Crippen MR) is 83.7 cm³/mol. The van der Waals surface area contributed by atoms with E-state index in [9.17, 15) is 9.59 Å². The van der Waals surface area contributed by atoms with Crippen LogP contribution < -0.4 is 11.5 Å². The van der Waals surface area contributed by atoms with Gasteiger partial charge in [-0.15, -0.1) is 12.4 Å². The molecule has 0 aliphatic carbocycles.